The Morgan fingerprint density at radius 2 is 2.26 bits per heavy atom. The zero-order chi connectivity index (χ0) is 13.8. The predicted molar refractivity (Wildman–Crippen MR) is 79.5 cm³/mol. The number of nitrogens with one attached hydrogen (secondary N) is 1. The Balaban J connectivity index is 2.10. The molecule has 1 heterocycles. The second kappa shape index (κ2) is 6.38. The van der Waals surface area contributed by atoms with E-state index >= 15 is 0 Å². The van der Waals surface area contributed by atoms with E-state index in [2.05, 4.69) is 21.4 Å². The minimum Gasteiger partial charge on any atom is -0.488 e. The van der Waals surface area contributed by atoms with Crippen molar-refractivity contribution in [2.45, 2.75) is 6.61 Å². The van der Waals surface area contributed by atoms with Crippen LogP contribution < -0.4 is 16.0 Å². The van der Waals surface area contributed by atoms with E-state index in [-0.39, 0.29) is 12.5 Å². The average molecular weight is 362 g/mol. The topological polar surface area (TPSA) is 64.3 Å². The van der Waals surface area contributed by atoms with E-state index in [1.807, 2.05) is 11.4 Å². The van der Waals surface area contributed by atoms with Crippen LogP contribution >= 0.6 is 38.9 Å². The van der Waals surface area contributed by atoms with E-state index in [1.54, 1.807) is 18.2 Å². The van der Waals surface area contributed by atoms with Crippen molar-refractivity contribution in [3.8, 4) is 5.75 Å². The van der Waals surface area contributed by atoms with Gasteiger partial charge in [-0.2, -0.15) is 0 Å². The van der Waals surface area contributed by atoms with E-state index < -0.39 is 0 Å². The van der Waals surface area contributed by atoms with Gasteiger partial charge in [0.2, 0.25) is 0 Å². The molecule has 0 spiro atoms. The lowest BCUT2D eigenvalue weighted by Gasteiger charge is -2.08. The number of rotatable bonds is 4. The number of halogens is 2. The molecule has 0 radical (unpaired) electrons. The van der Waals surface area contributed by atoms with Crippen molar-refractivity contribution in [3.05, 3.63) is 49.6 Å². The van der Waals surface area contributed by atoms with Crippen molar-refractivity contribution >= 4 is 44.8 Å². The zero-order valence-electron chi connectivity index (χ0n) is 9.65. The van der Waals surface area contributed by atoms with Crippen molar-refractivity contribution in [1.29, 1.82) is 0 Å². The molecule has 0 aliphatic heterocycles. The van der Waals surface area contributed by atoms with Crippen molar-refractivity contribution in [2.24, 2.45) is 5.84 Å². The van der Waals surface area contributed by atoms with Crippen LogP contribution in [0.2, 0.25) is 5.02 Å². The first-order chi connectivity index (χ1) is 9.11. The van der Waals surface area contributed by atoms with Gasteiger partial charge in [0.15, 0.2) is 0 Å². The Hall–Kier alpha value is -1.08. The van der Waals surface area contributed by atoms with Gasteiger partial charge in [0.25, 0.3) is 5.91 Å². The summed E-state index contributed by atoms with van der Waals surface area (Å²) in [7, 11) is 0. The van der Waals surface area contributed by atoms with Crippen molar-refractivity contribution < 1.29 is 9.53 Å². The normalized spacial score (nSPS) is 10.3. The Labute approximate surface area is 127 Å². The first kappa shape index (κ1) is 14.3. The number of ether oxygens (including phenoxy) is 1. The van der Waals surface area contributed by atoms with Gasteiger partial charge in [-0.3, -0.25) is 10.2 Å². The minimum absolute atomic E-state index is 0.284. The van der Waals surface area contributed by atoms with Crippen LogP contribution in [0, 0.1) is 0 Å². The van der Waals surface area contributed by atoms with Gasteiger partial charge in [0.1, 0.15) is 12.4 Å². The number of hydrogen-bond donors (Lipinski definition) is 2. The molecule has 0 fully saturated rings. The molecular weight excluding hydrogens is 352 g/mol. The Morgan fingerprint density at radius 3 is 2.95 bits per heavy atom. The van der Waals surface area contributed by atoms with E-state index in [1.165, 1.54) is 11.3 Å². The molecule has 7 heteroatoms. The first-order valence-electron chi connectivity index (χ1n) is 5.27. The number of carbonyl (C=O) groups is 1. The highest BCUT2D eigenvalue weighted by Crippen LogP contribution is 2.29. The summed E-state index contributed by atoms with van der Waals surface area (Å²) < 4.78 is 6.42. The number of benzene rings is 1. The van der Waals surface area contributed by atoms with Crippen molar-refractivity contribution in [2.75, 3.05) is 0 Å². The van der Waals surface area contributed by atoms with Crippen LogP contribution in [-0.4, -0.2) is 5.91 Å². The summed E-state index contributed by atoms with van der Waals surface area (Å²) in [6.07, 6.45) is 0. The summed E-state index contributed by atoms with van der Waals surface area (Å²) in [5.74, 6) is 5.47. The van der Waals surface area contributed by atoms with Crippen molar-refractivity contribution in [1.82, 2.24) is 5.43 Å². The van der Waals surface area contributed by atoms with Gasteiger partial charge >= 0.3 is 0 Å². The fraction of sp³-hybridized carbons (Fsp3) is 0.0833. The van der Waals surface area contributed by atoms with Crippen LogP contribution in [0.3, 0.4) is 0 Å². The second-order valence-corrected chi connectivity index (χ2v) is 5.82. The fourth-order valence-electron chi connectivity index (χ4n) is 1.46. The molecule has 3 N–H and O–H groups in total. The van der Waals surface area contributed by atoms with Gasteiger partial charge < -0.3 is 4.74 Å². The number of amides is 1. The molecule has 1 amide bonds. The maximum atomic E-state index is 11.5. The molecule has 2 aromatic rings. The number of nitrogen functional groups attached to an aromatic ring is 1. The molecule has 0 atom stereocenters. The molecule has 0 saturated carbocycles. The molecule has 1 aromatic carbocycles. The Bertz CT molecular complexity index is 603. The Kier molecular flexibility index (Phi) is 4.81. The summed E-state index contributed by atoms with van der Waals surface area (Å²) in [6, 6.07) is 7.08. The molecular formula is C12H10BrClN2O2S. The summed E-state index contributed by atoms with van der Waals surface area (Å²) in [6.45, 7) is 0.284. The monoisotopic (exact) mass is 360 g/mol. The molecule has 100 valence electrons. The molecule has 19 heavy (non-hydrogen) atoms. The molecule has 0 unspecified atom stereocenters. The fourth-order valence-corrected chi connectivity index (χ4v) is 3.07. The molecule has 0 aliphatic rings. The summed E-state index contributed by atoms with van der Waals surface area (Å²) in [4.78, 5) is 12.1. The molecule has 0 bridgehead atoms. The van der Waals surface area contributed by atoms with E-state index in [4.69, 9.17) is 22.2 Å². The zero-order valence-corrected chi connectivity index (χ0v) is 12.8. The number of carbonyl (C=O) groups excluding carboxylic acids is 1. The lowest BCUT2D eigenvalue weighted by Crippen LogP contribution is -2.30. The molecule has 0 aliphatic carbocycles. The van der Waals surface area contributed by atoms with Crippen LogP contribution in [-0.2, 0) is 6.61 Å². The SMILES string of the molecule is NNC(=O)c1sccc1COc1ccc(Cl)cc1Br. The lowest BCUT2D eigenvalue weighted by molar-refractivity contribution is 0.0955. The van der Waals surface area contributed by atoms with Gasteiger partial charge in [0, 0.05) is 10.6 Å². The van der Waals surface area contributed by atoms with Gasteiger partial charge in [-0.15, -0.1) is 11.3 Å². The average Bonchev–Trinajstić information content (AvgIpc) is 2.85. The molecule has 2 rings (SSSR count). The van der Waals surface area contributed by atoms with E-state index in [0.29, 0.717) is 15.6 Å². The quantitative estimate of drug-likeness (QED) is 0.499. The third-order valence-corrected chi connectivity index (χ3v) is 4.17. The molecule has 1 aromatic heterocycles. The van der Waals surface area contributed by atoms with E-state index in [9.17, 15) is 4.79 Å². The van der Waals surface area contributed by atoms with Crippen LogP contribution in [0.4, 0.5) is 0 Å². The predicted octanol–water partition coefficient (Wildman–Crippen LogP) is 3.35. The van der Waals surface area contributed by atoms with Gasteiger partial charge in [-0.25, -0.2) is 5.84 Å². The van der Waals surface area contributed by atoms with Crippen LogP contribution in [0.1, 0.15) is 15.2 Å². The number of hydrogen-bond acceptors (Lipinski definition) is 4. The number of hydrazine groups is 1. The highest BCUT2D eigenvalue weighted by molar-refractivity contribution is 9.10. The lowest BCUT2D eigenvalue weighted by atomic mass is 10.2. The molecule has 4 nitrogen and oxygen atoms in total. The highest BCUT2D eigenvalue weighted by Gasteiger charge is 2.13. The molecule has 0 saturated heterocycles. The van der Waals surface area contributed by atoms with Crippen LogP contribution in [0.5, 0.6) is 5.75 Å². The highest BCUT2D eigenvalue weighted by atomic mass is 79.9. The van der Waals surface area contributed by atoms with Crippen LogP contribution in [0.15, 0.2) is 34.1 Å². The smallest absolute Gasteiger partial charge is 0.275 e. The van der Waals surface area contributed by atoms with Crippen LogP contribution in [0.25, 0.3) is 0 Å². The standard InChI is InChI=1S/C12H10BrClN2O2S/c13-9-5-8(14)1-2-10(9)18-6-7-3-4-19-11(7)12(17)16-15/h1-5H,6,15H2,(H,16,17). The summed E-state index contributed by atoms with van der Waals surface area (Å²) in [5, 5.41) is 2.44. The Morgan fingerprint density at radius 1 is 1.47 bits per heavy atom. The number of nitrogens with two attached hydrogens (primary N) is 1. The third kappa shape index (κ3) is 3.48. The maximum absolute atomic E-state index is 11.5. The van der Waals surface area contributed by atoms with Gasteiger partial charge in [-0.1, -0.05) is 11.6 Å². The van der Waals surface area contributed by atoms with Gasteiger partial charge in [0.05, 0.1) is 9.35 Å². The van der Waals surface area contributed by atoms with E-state index in [0.717, 1.165) is 10.0 Å². The summed E-state index contributed by atoms with van der Waals surface area (Å²) in [5.41, 5.74) is 2.90. The third-order valence-electron chi connectivity index (χ3n) is 2.36. The first-order valence-corrected chi connectivity index (χ1v) is 7.32. The number of thiophene rings is 1. The second-order valence-electron chi connectivity index (χ2n) is 3.61. The maximum Gasteiger partial charge on any atom is 0.275 e. The minimum atomic E-state index is -0.316. The largest absolute Gasteiger partial charge is 0.488 e. The van der Waals surface area contributed by atoms with Gasteiger partial charge in [-0.05, 0) is 45.6 Å². The van der Waals surface area contributed by atoms with Crippen molar-refractivity contribution in [3.63, 3.8) is 0 Å². The summed E-state index contributed by atoms with van der Waals surface area (Å²) >= 11 is 10.5.